The zero-order valence-corrected chi connectivity index (χ0v) is 67.1. The first-order valence-electron chi connectivity index (χ1n) is 39.0. The fourth-order valence-corrected chi connectivity index (χ4v) is 14.9. The Bertz CT molecular complexity index is 3570. The molecule has 2 heterocycles. The Hall–Kier alpha value is -9.42. The van der Waals surface area contributed by atoms with Crippen LogP contribution in [0.5, 0.6) is 0 Å². The first-order valence-corrected chi connectivity index (χ1v) is 40.1. The molecular formula is C80H122N14O16S. The maximum atomic E-state index is 15.2. The van der Waals surface area contributed by atoms with Gasteiger partial charge in [0.15, 0.2) is 35.1 Å². The number of guanidine groups is 2. The van der Waals surface area contributed by atoms with E-state index in [0.717, 1.165) is 11.8 Å². The summed E-state index contributed by atoms with van der Waals surface area (Å²) in [7, 11) is 0. The fourth-order valence-electron chi connectivity index (χ4n) is 14.0. The minimum absolute atomic E-state index is 0.00664. The van der Waals surface area contributed by atoms with Gasteiger partial charge in [0.05, 0.1) is 36.3 Å². The van der Waals surface area contributed by atoms with Gasteiger partial charge >= 0.3 is 5.97 Å². The van der Waals surface area contributed by atoms with Crippen molar-refractivity contribution in [2.75, 3.05) is 31.1 Å². The third-order valence-corrected chi connectivity index (χ3v) is 21.9. The smallest absolute Gasteiger partial charge is 0.305 e. The standard InChI is InChI=1S/C80H122N14O16S/c1-11-48(9)56-41-65(97)54(46(5)6)39-68(100)72(49(10)12-2)93-74(106)53(34-45(3)4)38-66(98)58(35-50-22-15-13-16-23-50)88-70(102)44-111-43-61(63(95)29-30-69(81)101)92-77(109)62-28-21-33-94(62)78(110)60(36-51-24-17-14-18-25-51)91-75(107)55(47(7)8)40-67(99)57(27-20-32-87-80(84)85)89-76(108)59(42-71(103)104)90-73(105)52(37-64(56)96)26-19-31-86-79(82)83/h13-18,22-25,45-49,52-62,72H,11-12,19-21,26-44H2,1-10H3,(H2,81,101)(H,88,102)(H,89,108)(H,90,105)(H,91,107)(H,92,109)(H,93,106)(H,103,104)(H4,82,83,86)(H4,84,85,87)/t48-,49-,52+,53+,54-,55-,56-,57-,58-,59-,60-,61-,62-,72-/m0/s1. The summed E-state index contributed by atoms with van der Waals surface area (Å²) in [5.74, 6) is -19.8. The van der Waals surface area contributed by atoms with Crippen LogP contribution in [-0.4, -0.2) is 183 Å². The number of aliphatic imine (C=N–C) groups is 2. The van der Waals surface area contributed by atoms with E-state index in [4.69, 9.17) is 28.7 Å². The van der Waals surface area contributed by atoms with Gasteiger partial charge in [-0.25, -0.2) is 0 Å². The fraction of sp³-hybridized carbons (Fsp3) is 0.637. The molecule has 0 radical (unpaired) electrons. The molecule has 2 fully saturated rings. The van der Waals surface area contributed by atoms with Crippen molar-refractivity contribution < 1.29 is 77.0 Å². The van der Waals surface area contributed by atoms with Crippen LogP contribution < -0.4 is 60.6 Å². The van der Waals surface area contributed by atoms with Gasteiger partial charge in [-0.2, -0.15) is 0 Å². The number of primary amides is 1. The largest absolute Gasteiger partial charge is 0.481 e. The third kappa shape index (κ3) is 32.4. The highest BCUT2D eigenvalue weighted by Crippen LogP contribution is 2.32. The highest BCUT2D eigenvalue weighted by molar-refractivity contribution is 8.00. The Morgan fingerprint density at radius 3 is 1.59 bits per heavy atom. The number of carboxylic acid groups (broad SMARTS) is 1. The first-order chi connectivity index (χ1) is 52.4. The van der Waals surface area contributed by atoms with E-state index in [1.54, 1.807) is 102 Å². The third-order valence-electron chi connectivity index (χ3n) is 20.9. The van der Waals surface area contributed by atoms with E-state index in [1.807, 2.05) is 27.7 Å². The second kappa shape index (κ2) is 47.7. The lowest BCUT2D eigenvalue weighted by molar-refractivity contribution is -0.143. The molecule has 111 heavy (non-hydrogen) atoms. The lowest BCUT2D eigenvalue weighted by Gasteiger charge is -2.31. The number of nitrogens with one attached hydrogen (secondary N) is 6. The highest BCUT2D eigenvalue weighted by Gasteiger charge is 2.43. The predicted molar refractivity (Wildman–Crippen MR) is 423 cm³/mol. The number of aliphatic carboxylic acids is 1. The van der Waals surface area contributed by atoms with Crippen molar-refractivity contribution in [2.45, 2.75) is 234 Å². The summed E-state index contributed by atoms with van der Waals surface area (Å²) in [4.78, 5) is 226. The van der Waals surface area contributed by atoms with Crippen molar-refractivity contribution in [1.29, 1.82) is 0 Å². The number of amides is 8. The van der Waals surface area contributed by atoms with E-state index >= 15 is 4.79 Å². The Morgan fingerprint density at radius 1 is 0.532 bits per heavy atom. The monoisotopic (exact) mass is 1570 g/mol. The molecule has 2 aliphatic rings. The number of benzene rings is 2. The van der Waals surface area contributed by atoms with Gasteiger partial charge in [-0.05, 0) is 92.1 Å². The second-order valence-corrected chi connectivity index (χ2v) is 31.8. The van der Waals surface area contributed by atoms with Gasteiger partial charge in [-0.15, -0.1) is 11.8 Å². The molecule has 0 unspecified atom stereocenters. The van der Waals surface area contributed by atoms with Crippen molar-refractivity contribution >= 4 is 112 Å². The molecule has 31 heteroatoms. The van der Waals surface area contributed by atoms with Crippen molar-refractivity contribution in [3.8, 4) is 0 Å². The minimum Gasteiger partial charge on any atom is -0.481 e. The Balaban J connectivity index is 1.92. The highest BCUT2D eigenvalue weighted by atomic mass is 32.2. The van der Waals surface area contributed by atoms with Crippen molar-refractivity contribution in [3.63, 3.8) is 0 Å². The van der Waals surface area contributed by atoms with E-state index in [1.165, 1.54) is 4.90 Å². The van der Waals surface area contributed by atoms with Crippen molar-refractivity contribution in [1.82, 2.24) is 36.8 Å². The number of carboxylic acids is 1. The second-order valence-electron chi connectivity index (χ2n) is 30.8. The molecule has 14 atom stereocenters. The normalized spacial score (nSPS) is 25.0. The van der Waals surface area contributed by atoms with Gasteiger partial charge < -0.3 is 70.6 Å². The number of Topliss-reactive ketones (excluding diaryl/α,β-unsaturated/α-hetero) is 6. The van der Waals surface area contributed by atoms with Gasteiger partial charge in [-0.3, -0.25) is 81.9 Å². The van der Waals surface area contributed by atoms with Gasteiger partial charge in [0.1, 0.15) is 29.7 Å². The minimum atomic E-state index is -1.88. The number of carbonyl (C=O) groups excluding carboxylic acids is 14. The van der Waals surface area contributed by atoms with E-state index in [9.17, 15) is 72.2 Å². The molecule has 0 aromatic heterocycles. The van der Waals surface area contributed by atoms with Crippen LogP contribution in [0.25, 0.3) is 0 Å². The number of rotatable bonds is 26. The molecule has 0 bridgehead atoms. The first kappa shape index (κ1) is 94.0. The SMILES string of the molecule is CC[C@H](C)[C@@H]1CC(=O)[C@H](C(C)C)CC(=O)[C@H]([C@@H](C)CC)NC(=O)[C@H](CC(C)C)CC(=O)[C@H](Cc2ccccc2)NC(=O)CSC[C@@H](C(=O)CCC(N)=O)NC(=O)[C@@H]2CCCN2C(=O)[C@H](Cc2ccccc2)NC(=O)[C@H](C(C)C)CC(=O)[C@H](CCCN=C(N)N)NC(=O)[C@H](CC(=O)O)NC(=O)[C@H](CCCN=C(N)N)CC1=O. The maximum absolute atomic E-state index is 15.2. The number of nitrogens with two attached hydrogens (primary N) is 5. The van der Waals surface area contributed by atoms with Crippen molar-refractivity contribution in [2.24, 2.45) is 97.8 Å². The maximum Gasteiger partial charge on any atom is 0.305 e. The molecule has 8 amide bonds. The van der Waals surface area contributed by atoms with E-state index in [2.05, 4.69) is 41.9 Å². The number of hydrogen-bond acceptors (Lipinski definition) is 18. The summed E-state index contributed by atoms with van der Waals surface area (Å²) in [5, 5.41) is 26.9. The molecule has 0 aliphatic carbocycles. The summed E-state index contributed by atoms with van der Waals surface area (Å²) in [6.07, 6.45) is -2.67. The molecular weight excluding hydrogens is 1450 g/mol. The topological polar surface area (TPSA) is 507 Å². The predicted octanol–water partition coefficient (Wildman–Crippen LogP) is 3.86. The molecule has 2 aromatic rings. The van der Waals surface area contributed by atoms with Crippen LogP contribution in [0.4, 0.5) is 0 Å². The van der Waals surface area contributed by atoms with Crippen LogP contribution in [0.2, 0.25) is 0 Å². The van der Waals surface area contributed by atoms with Crippen LogP contribution in [0.15, 0.2) is 70.6 Å². The van der Waals surface area contributed by atoms with E-state index in [0.29, 0.717) is 30.4 Å². The number of nitrogens with zero attached hydrogens (tertiary/aromatic N) is 3. The average Bonchev–Trinajstić information content (AvgIpc) is 1.59. The molecule has 17 N–H and O–H groups in total. The number of thioether (sulfide) groups is 1. The summed E-state index contributed by atoms with van der Waals surface area (Å²) in [5.41, 5.74) is 29.3. The number of ketones is 6. The summed E-state index contributed by atoms with van der Waals surface area (Å²) in [6.45, 7) is 17.8. The van der Waals surface area contributed by atoms with E-state index in [-0.39, 0.29) is 126 Å². The Labute approximate surface area is 656 Å². The number of carbonyl (C=O) groups is 15. The molecule has 0 saturated carbocycles. The Morgan fingerprint density at radius 2 is 1.05 bits per heavy atom. The summed E-state index contributed by atoms with van der Waals surface area (Å²) >= 11 is 0.942. The van der Waals surface area contributed by atoms with Crippen LogP contribution in [0.1, 0.15) is 190 Å². The van der Waals surface area contributed by atoms with Crippen LogP contribution >= 0.6 is 11.8 Å². The van der Waals surface area contributed by atoms with Crippen LogP contribution in [-0.2, 0) is 84.8 Å². The van der Waals surface area contributed by atoms with Crippen molar-refractivity contribution in [3.05, 3.63) is 71.8 Å². The lowest BCUT2D eigenvalue weighted by atomic mass is 9.75. The molecule has 4 rings (SSSR count). The molecule has 2 aromatic carbocycles. The van der Waals surface area contributed by atoms with Gasteiger partial charge in [0.25, 0.3) is 0 Å². The van der Waals surface area contributed by atoms with Crippen LogP contribution in [0.3, 0.4) is 0 Å². The molecule has 30 nitrogen and oxygen atoms in total. The number of hydrogen-bond donors (Lipinski definition) is 12. The zero-order valence-electron chi connectivity index (χ0n) is 66.3. The van der Waals surface area contributed by atoms with Gasteiger partial charge in [0, 0.05) is 106 Å². The van der Waals surface area contributed by atoms with Gasteiger partial charge in [0.2, 0.25) is 47.3 Å². The lowest BCUT2D eigenvalue weighted by Crippen LogP contribution is -2.57. The van der Waals surface area contributed by atoms with Crippen LogP contribution in [0, 0.1) is 59.2 Å². The Kier molecular flexibility index (Phi) is 40.4. The molecule has 2 saturated heterocycles. The summed E-state index contributed by atoms with van der Waals surface area (Å²) < 4.78 is 0. The van der Waals surface area contributed by atoms with E-state index < -0.39 is 209 Å². The molecule has 614 valence electrons. The number of fused-ring (bicyclic) bond motifs is 1. The quantitative estimate of drug-likeness (QED) is 0.0361. The molecule has 0 spiro atoms. The summed E-state index contributed by atoms with van der Waals surface area (Å²) in [6, 6.07) is 7.93. The molecule has 2 aliphatic heterocycles. The average molecular weight is 1570 g/mol. The zero-order chi connectivity index (χ0) is 82.8. The van der Waals surface area contributed by atoms with Gasteiger partial charge in [-0.1, -0.05) is 143 Å².